The number of halogens is 1. The number of hydrogen-bond donors (Lipinski definition) is 1. The first kappa shape index (κ1) is 21.6. The van der Waals surface area contributed by atoms with E-state index in [-0.39, 0.29) is 11.9 Å². The summed E-state index contributed by atoms with van der Waals surface area (Å²) in [5, 5.41) is 11.8. The van der Waals surface area contributed by atoms with E-state index < -0.39 is 0 Å². The molecular weight excluding hydrogens is 417 g/mol. The molecule has 1 N–H and O–H groups in total. The van der Waals surface area contributed by atoms with Crippen LogP contribution in [0.25, 0.3) is 22.4 Å². The van der Waals surface area contributed by atoms with Gasteiger partial charge in [0.1, 0.15) is 11.6 Å². The molecule has 1 saturated heterocycles. The highest BCUT2D eigenvalue weighted by atomic mass is 19.1. The lowest BCUT2D eigenvalue weighted by molar-refractivity contribution is 0.127. The third-order valence-electron chi connectivity index (χ3n) is 6.55. The standard InChI is InChI=1S/C26H28FN5O/c1-17-24(18(2)33-30-17)25-23(16-28-29-25)26(32-14-12-31(3)13-15-32)21-6-4-19(5-7-21)20-8-10-22(27)11-9-20/h4-11,16,26H,12-15H2,1-3H3,(H,28,29). The average Bonchev–Trinajstić information content (AvgIpc) is 3.42. The van der Waals surface area contributed by atoms with Crippen molar-refractivity contribution in [2.24, 2.45) is 0 Å². The number of rotatable bonds is 5. The maximum absolute atomic E-state index is 13.3. The van der Waals surface area contributed by atoms with E-state index in [9.17, 15) is 4.39 Å². The zero-order valence-electron chi connectivity index (χ0n) is 19.2. The third-order valence-corrected chi connectivity index (χ3v) is 6.55. The van der Waals surface area contributed by atoms with Crippen molar-refractivity contribution in [3.05, 3.63) is 83.1 Å². The predicted octanol–water partition coefficient (Wildman–Crippen LogP) is 4.82. The highest BCUT2D eigenvalue weighted by molar-refractivity contribution is 5.69. The van der Waals surface area contributed by atoms with E-state index in [1.54, 1.807) is 0 Å². The maximum Gasteiger partial charge on any atom is 0.143 e. The Labute approximate surface area is 193 Å². The minimum Gasteiger partial charge on any atom is -0.361 e. The molecule has 0 amide bonds. The highest BCUT2D eigenvalue weighted by Crippen LogP contribution is 2.38. The Morgan fingerprint density at radius 1 is 0.939 bits per heavy atom. The summed E-state index contributed by atoms with van der Waals surface area (Å²) in [5.41, 5.74) is 7.15. The lowest BCUT2D eigenvalue weighted by Crippen LogP contribution is -2.46. The van der Waals surface area contributed by atoms with E-state index in [4.69, 9.17) is 4.52 Å². The van der Waals surface area contributed by atoms with Crippen molar-refractivity contribution in [1.82, 2.24) is 25.2 Å². The van der Waals surface area contributed by atoms with E-state index in [2.05, 4.69) is 56.5 Å². The van der Waals surface area contributed by atoms with Crippen LogP contribution in [-0.4, -0.2) is 58.4 Å². The molecule has 7 heteroatoms. The van der Waals surface area contributed by atoms with Gasteiger partial charge in [0.2, 0.25) is 0 Å². The number of piperazine rings is 1. The van der Waals surface area contributed by atoms with Gasteiger partial charge in [-0.3, -0.25) is 10.00 Å². The third kappa shape index (κ3) is 4.21. The smallest absolute Gasteiger partial charge is 0.143 e. The molecule has 170 valence electrons. The molecule has 1 aliphatic heterocycles. The van der Waals surface area contributed by atoms with Crippen LogP contribution >= 0.6 is 0 Å². The number of aryl methyl sites for hydroxylation is 2. The van der Waals surface area contributed by atoms with Gasteiger partial charge in [0, 0.05) is 31.7 Å². The van der Waals surface area contributed by atoms with E-state index in [1.807, 2.05) is 32.2 Å². The number of aromatic amines is 1. The summed E-state index contributed by atoms with van der Waals surface area (Å²) in [7, 11) is 2.16. The van der Waals surface area contributed by atoms with E-state index in [0.717, 1.165) is 65.6 Å². The van der Waals surface area contributed by atoms with Crippen molar-refractivity contribution in [1.29, 1.82) is 0 Å². The highest BCUT2D eigenvalue weighted by Gasteiger charge is 2.30. The molecule has 0 spiro atoms. The molecule has 4 aromatic rings. The summed E-state index contributed by atoms with van der Waals surface area (Å²) in [5.74, 6) is 0.555. The van der Waals surface area contributed by atoms with Gasteiger partial charge in [0.15, 0.2) is 0 Å². The van der Waals surface area contributed by atoms with Gasteiger partial charge < -0.3 is 9.42 Å². The van der Waals surface area contributed by atoms with Crippen LogP contribution in [0.15, 0.2) is 59.3 Å². The van der Waals surface area contributed by atoms with Gasteiger partial charge >= 0.3 is 0 Å². The second-order valence-electron chi connectivity index (χ2n) is 8.77. The van der Waals surface area contributed by atoms with Crippen molar-refractivity contribution in [3.63, 3.8) is 0 Å². The van der Waals surface area contributed by atoms with Crippen molar-refractivity contribution in [3.8, 4) is 22.4 Å². The van der Waals surface area contributed by atoms with Crippen LogP contribution in [0.3, 0.4) is 0 Å². The van der Waals surface area contributed by atoms with Crippen molar-refractivity contribution in [2.75, 3.05) is 33.2 Å². The van der Waals surface area contributed by atoms with Gasteiger partial charge in [-0.15, -0.1) is 0 Å². The molecule has 1 atom stereocenters. The second-order valence-corrected chi connectivity index (χ2v) is 8.77. The zero-order valence-corrected chi connectivity index (χ0v) is 19.2. The summed E-state index contributed by atoms with van der Waals surface area (Å²) in [4.78, 5) is 4.87. The van der Waals surface area contributed by atoms with E-state index >= 15 is 0 Å². The summed E-state index contributed by atoms with van der Waals surface area (Å²) >= 11 is 0. The fourth-order valence-corrected chi connectivity index (χ4v) is 4.71. The van der Waals surface area contributed by atoms with Gasteiger partial charge in [-0.25, -0.2) is 4.39 Å². The molecule has 33 heavy (non-hydrogen) atoms. The van der Waals surface area contributed by atoms with Crippen molar-refractivity contribution >= 4 is 0 Å². The average molecular weight is 446 g/mol. The van der Waals surface area contributed by atoms with E-state index in [0.29, 0.717) is 0 Å². The number of nitrogens with zero attached hydrogens (tertiary/aromatic N) is 4. The SMILES string of the molecule is Cc1noc(C)c1-c1[nH]ncc1C(c1ccc(-c2ccc(F)cc2)cc1)N1CCN(C)CC1. The molecule has 1 unspecified atom stereocenters. The van der Waals surface area contributed by atoms with Crippen LogP contribution in [0.5, 0.6) is 0 Å². The number of H-pyrrole nitrogens is 1. The van der Waals surface area contributed by atoms with Crippen LogP contribution < -0.4 is 0 Å². The fraction of sp³-hybridized carbons (Fsp3) is 0.308. The van der Waals surface area contributed by atoms with E-state index in [1.165, 1.54) is 17.7 Å². The monoisotopic (exact) mass is 445 g/mol. The molecule has 1 aliphatic rings. The first-order valence-electron chi connectivity index (χ1n) is 11.3. The molecule has 0 saturated carbocycles. The summed E-state index contributed by atoms with van der Waals surface area (Å²) in [6.45, 7) is 7.85. The lowest BCUT2D eigenvalue weighted by atomic mass is 9.92. The first-order chi connectivity index (χ1) is 16.0. The molecule has 2 aromatic carbocycles. The molecule has 0 aliphatic carbocycles. The van der Waals surface area contributed by atoms with Crippen LogP contribution in [0, 0.1) is 19.7 Å². The summed E-state index contributed by atoms with van der Waals surface area (Å²) in [6, 6.07) is 15.2. The number of hydrogen-bond acceptors (Lipinski definition) is 5. The fourth-order valence-electron chi connectivity index (χ4n) is 4.71. The minimum absolute atomic E-state index is 0.0448. The van der Waals surface area contributed by atoms with Crippen LogP contribution in [0.2, 0.25) is 0 Å². The normalized spacial score (nSPS) is 16.2. The molecule has 3 heterocycles. The van der Waals surface area contributed by atoms with Crippen molar-refractivity contribution < 1.29 is 8.91 Å². The molecule has 2 aromatic heterocycles. The Hall–Kier alpha value is -3.29. The quantitative estimate of drug-likeness (QED) is 0.477. The Morgan fingerprint density at radius 2 is 1.58 bits per heavy atom. The van der Waals surface area contributed by atoms with Gasteiger partial charge in [-0.1, -0.05) is 41.6 Å². The van der Waals surface area contributed by atoms with Crippen LogP contribution in [0.4, 0.5) is 4.39 Å². The van der Waals surface area contributed by atoms with Crippen LogP contribution in [-0.2, 0) is 0 Å². The number of nitrogens with one attached hydrogen (secondary N) is 1. The predicted molar refractivity (Wildman–Crippen MR) is 126 cm³/mol. The maximum atomic E-state index is 13.3. The molecule has 0 bridgehead atoms. The Morgan fingerprint density at radius 3 is 2.18 bits per heavy atom. The number of aromatic nitrogens is 3. The van der Waals surface area contributed by atoms with Crippen LogP contribution in [0.1, 0.15) is 28.6 Å². The minimum atomic E-state index is -0.225. The Balaban J connectivity index is 1.55. The first-order valence-corrected chi connectivity index (χ1v) is 11.3. The number of likely N-dealkylation sites (N-methyl/N-ethyl adjacent to an activating group) is 1. The van der Waals surface area contributed by atoms with Gasteiger partial charge in [0.25, 0.3) is 0 Å². The lowest BCUT2D eigenvalue weighted by Gasteiger charge is -2.38. The largest absolute Gasteiger partial charge is 0.361 e. The van der Waals surface area contributed by atoms with Gasteiger partial charge in [-0.2, -0.15) is 5.10 Å². The molecule has 5 rings (SSSR count). The summed E-state index contributed by atoms with van der Waals surface area (Å²) in [6.07, 6.45) is 1.93. The Kier molecular flexibility index (Phi) is 5.83. The molecule has 0 radical (unpaired) electrons. The number of benzene rings is 2. The zero-order chi connectivity index (χ0) is 22.9. The second kappa shape index (κ2) is 8.92. The van der Waals surface area contributed by atoms with Gasteiger partial charge in [-0.05, 0) is 49.7 Å². The van der Waals surface area contributed by atoms with Gasteiger partial charge in [0.05, 0.1) is 29.2 Å². The molecule has 6 nitrogen and oxygen atoms in total. The summed E-state index contributed by atoms with van der Waals surface area (Å²) < 4.78 is 18.8. The topological polar surface area (TPSA) is 61.2 Å². The molecule has 1 fully saturated rings. The van der Waals surface area contributed by atoms with Crippen molar-refractivity contribution in [2.45, 2.75) is 19.9 Å². The molecular formula is C26H28FN5O. The Bertz CT molecular complexity index is 1200.